The summed E-state index contributed by atoms with van der Waals surface area (Å²) < 4.78 is 13.5. The van der Waals surface area contributed by atoms with Crippen molar-refractivity contribution in [2.75, 3.05) is 0 Å². The fraction of sp³-hybridized carbons (Fsp3) is 0.462. The third-order valence-electron chi connectivity index (χ3n) is 5.35. The van der Waals surface area contributed by atoms with E-state index >= 15 is 0 Å². The van der Waals surface area contributed by atoms with E-state index in [4.69, 9.17) is 16.0 Å². The van der Waals surface area contributed by atoms with Gasteiger partial charge in [0.1, 0.15) is 0 Å². The van der Waals surface area contributed by atoms with Crippen LogP contribution in [0.5, 0.6) is 11.5 Å². The number of ether oxygens (including phenoxy) is 2. The van der Waals surface area contributed by atoms with Crippen molar-refractivity contribution in [3.8, 4) is 17.6 Å². The van der Waals surface area contributed by atoms with Gasteiger partial charge >= 0.3 is 11.9 Å². The van der Waals surface area contributed by atoms with E-state index in [0.29, 0.717) is 55.2 Å². The number of esters is 2. The van der Waals surface area contributed by atoms with Crippen molar-refractivity contribution < 1.29 is 19.1 Å². The molecule has 0 spiro atoms. The second-order valence-corrected chi connectivity index (χ2v) is 12.9. The number of nitriles is 1. The molecule has 36 heavy (non-hydrogen) atoms. The highest BCUT2D eigenvalue weighted by atomic mass is 32.2. The molecule has 10 heteroatoms. The third kappa shape index (κ3) is 6.66. The number of hydrogen-bond acceptors (Lipinski definition) is 9. The Balaban J connectivity index is 2.11. The lowest BCUT2D eigenvalue weighted by molar-refractivity contribution is -0.136. The Morgan fingerprint density at radius 3 is 1.58 bits per heavy atom. The lowest BCUT2D eigenvalue weighted by Crippen LogP contribution is -2.11. The van der Waals surface area contributed by atoms with Crippen LogP contribution in [0.3, 0.4) is 0 Å². The normalized spacial score (nSPS) is 13.5. The molecule has 1 aromatic carbocycles. The number of nitrogens with zero attached hydrogens (tertiary/aromatic N) is 2. The molecule has 0 atom stereocenters. The predicted molar refractivity (Wildman–Crippen MR) is 147 cm³/mol. The van der Waals surface area contributed by atoms with Crippen LogP contribution in [0.4, 0.5) is 0 Å². The molecule has 1 aromatic rings. The molecule has 2 aliphatic heterocycles. The van der Waals surface area contributed by atoms with Crippen molar-refractivity contribution in [1.82, 2.24) is 0 Å². The van der Waals surface area contributed by atoms with Gasteiger partial charge in [-0.05, 0) is 26.7 Å². The molecular weight excluding hydrogens is 533 g/mol. The Morgan fingerprint density at radius 1 is 0.806 bits per heavy atom. The standard InChI is InChI=1S/C26H28N2O4S4/c1-6-8-10-12-17(29)31-19-21-22(34-25(33-21)15(3)14-27)20(32-18(30)13-11-9-7-2)24-23(19)35-26(36-24)16(4)28-5/h6-13H2,1-4H3. The second kappa shape index (κ2) is 13.5. The van der Waals surface area contributed by atoms with Gasteiger partial charge in [-0.3, -0.25) is 9.59 Å². The van der Waals surface area contributed by atoms with Gasteiger partial charge in [0.05, 0.1) is 40.7 Å². The van der Waals surface area contributed by atoms with Gasteiger partial charge in [0.2, 0.25) is 0 Å². The number of thioether (sulfide) groups is 4. The van der Waals surface area contributed by atoms with Crippen LogP contribution in [-0.2, 0) is 9.59 Å². The molecule has 6 nitrogen and oxygen atoms in total. The zero-order valence-electron chi connectivity index (χ0n) is 20.8. The summed E-state index contributed by atoms with van der Waals surface area (Å²) in [5.74, 6) is 0.218. The number of fused-ring (bicyclic) bond motifs is 2. The summed E-state index contributed by atoms with van der Waals surface area (Å²) in [5, 5.41) is 9.49. The van der Waals surface area contributed by atoms with Crippen LogP contribution in [0.25, 0.3) is 4.85 Å². The SMILES string of the molecule is [C-]#[N+]C(C)=C1Sc2c(OC(=O)CCCCC)c3c(c(OC(=O)CCCCC)c2S1)SC(=C(C)C#N)S3. The van der Waals surface area contributed by atoms with Gasteiger partial charge in [0.15, 0.2) is 17.2 Å². The van der Waals surface area contributed by atoms with Gasteiger partial charge in [-0.25, -0.2) is 4.85 Å². The van der Waals surface area contributed by atoms with Crippen molar-refractivity contribution in [2.24, 2.45) is 0 Å². The molecule has 0 aromatic heterocycles. The van der Waals surface area contributed by atoms with Crippen LogP contribution < -0.4 is 9.47 Å². The number of allylic oxidation sites excluding steroid dienone is 2. The zero-order valence-corrected chi connectivity index (χ0v) is 24.1. The highest BCUT2D eigenvalue weighted by Gasteiger charge is 2.39. The van der Waals surface area contributed by atoms with Crippen molar-refractivity contribution in [2.45, 2.75) is 98.6 Å². The average molecular weight is 561 g/mol. The molecular formula is C26H28N2O4S4. The summed E-state index contributed by atoms with van der Waals surface area (Å²) >= 11 is 5.46. The van der Waals surface area contributed by atoms with Crippen LogP contribution in [0.2, 0.25) is 0 Å². The summed E-state index contributed by atoms with van der Waals surface area (Å²) in [4.78, 5) is 31.8. The lowest BCUT2D eigenvalue weighted by Gasteiger charge is -2.16. The van der Waals surface area contributed by atoms with Crippen LogP contribution in [0, 0.1) is 17.9 Å². The van der Waals surface area contributed by atoms with Gasteiger partial charge in [-0.1, -0.05) is 86.6 Å². The molecule has 0 unspecified atom stereocenters. The number of carbonyl (C=O) groups excluding carboxylic acids is 2. The monoisotopic (exact) mass is 560 g/mol. The zero-order chi connectivity index (χ0) is 26.2. The van der Waals surface area contributed by atoms with Crippen molar-refractivity contribution >= 4 is 59.0 Å². The molecule has 0 saturated carbocycles. The number of rotatable bonds is 10. The minimum Gasteiger partial charge on any atom is -0.424 e. The summed E-state index contributed by atoms with van der Waals surface area (Å²) in [5.41, 5.74) is 1.08. The maximum atomic E-state index is 12.8. The van der Waals surface area contributed by atoms with E-state index in [-0.39, 0.29) is 11.9 Å². The molecule has 3 rings (SSSR count). The fourth-order valence-corrected chi connectivity index (χ4v) is 8.52. The first-order valence-corrected chi connectivity index (χ1v) is 15.2. The molecule has 2 aliphatic rings. The summed E-state index contributed by atoms with van der Waals surface area (Å²) in [6, 6.07) is 2.19. The Bertz CT molecular complexity index is 1070. The van der Waals surface area contributed by atoms with E-state index in [2.05, 4.69) is 24.8 Å². The molecule has 0 radical (unpaired) electrons. The van der Waals surface area contributed by atoms with Crippen molar-refractivity contribution in [3.63, 3.8) is 0 Å². The molecule has 0 N–H and O–H groups in total. The first kappa shape index (κ1) is 28.6. The number of carbonyl (C=O) groups is 2. The molecule has 0 aliphatic carbocycles. The largest absolute Gasteiger partial charge is 0.424 e. The predicted octanol–water partition coefficient (Wildman–Crippen LogP) is 8.92. The van der Waals surface area contributed by atoms with Gasteiger partial charge in [-0.15, -0.1) is 0 Å². The molecule has 0 saturated heterocycles. The van der Waals surface area contributed by atoms with E-state index in [9.17, 15) is 14.9 Å². The summed E-state index contributed by atoms with van der Waals surface area (Å²) in [7, 11) is 0. The average Bonchev–Trinajstić information content (AvgIpc) is 3.51. The van der Waals surface area contributed by atoms with Crippen LogP contribution >= 0.6 is 47.0 Å². The maximum absolute atomic E-state index is 12.8. The molecule has 0 bridgehead atoms. The van der Waals surface area contributed by atoms with Crippen LogP contribution in [0.1, 0.15) is 79.1 Å². The number of benzene rings is 1. The highest BCUT2D eigenvalue weighted by molar-refractivity contribution is 8.25. The molecule has 2 heterocycles. The van der Waals surface area contributed by atoms with Crippen molar-refractivity contribution in [3.05, 3.63) is 31.2 Å². The smallest absolute Gasteiger partial charge is 0.311 e. The highest BCUT2D eigenvalue weighted by Crippen LogP contribution is 2.68. The van der Waals surface area contributed by atoms with E-state index < -0.39 is 0 Å². The summed E-state index contributed by atoms with van der Waals surface area (Å²) in [6.45, 7) is 15.1. The molecule has 0 amide bonds. The Hall–Kier alpha value is -1.98. The first-order valence-electron chi connectivity index (χ1n) is 11.9. The van der Waals surface area contributed by atoms with Crippen LogP contribution in [0.15, 0.2) is 39.3 Å². The fourth-order valence-electron chi connectivity index (χ4n) is 3.35. The Kier molecular flexibility index (Phi) is 10.7. The minimum atomic E-state index is -0.317. The van der Waals surface area contributed by atoms with Gasteiger partial charge in [0.25, 0.3) is 0 Å². The third-order valence-corrected chi connectivity index (χ3v) is 10.9. The first-order chi connectivity index (χ1) is 17.3. The summed E-state index contributed by atoms with van der Waals surface area (Å²) in [6.07, 6.45) is 6.00. The van der Waals surface area contributed by atoms with Crippen LogP contribution in [-0.4, -0.2) is 11.9 Å². The molecule has 0 fully saturated rings. The molecule has 190 valence electrons. The quantitative estimate of drug-likeness (QED) is 0.0915. The van der Waals surface area contributed by atoms with Gasteiger partial charge < -0.3 is 9.47 Å². The van der Waals surface area contributed by atoms with E-state index in [1.165, 1.54) is 47.0 Å². The lowest BCUT2D eigenvalue weighted by atomic mass is 10.2. The second-order valence-electron chi connectivity index (χ2n) is 8.25. The topological polar surface area (TPSA) is 80.8 Å². The van der Waals surface area contributed by atoms with Gasteiger partial charge in [0, 0.05) is 18.4 Å². The van der Waals surface area contributed by atoms with E-state index in [1.54, 1.807) is 13.8 Å². The van der Waals surface area contributed by atoms with Gasteiger partial charge in [-0.2, -0.15) is 5.26 Å². The Labute approximate surface area is 229 Å². The van der Waals surface area contributed by atoms with Crippen molar-refractivity contribution in [1.29, 1.82) is 5.26 Å². The van der Waals surface area contributed by atoms with E-state index in [1.807, 2.05) is 0 Å². The minimum absolute atomic E-state index is 0.310. The maximum Gasteiger partial charge on any atom is 0.311 e. The Morgan fingerprint density at radius 2 is 1.22 bits per heavy atom. The van der Waals surface area contributed by atoms with E-state index in [0.717, 1.165) is 47.0 Å². The number of unbranched alkanes of at least 4 members (excludes halogenated alkanes) is 4. The number of hydrogen-bond donors (Lipinski definition) is 0.